The molecule has 1 fully saturated rings. The molecule has 0 spiro atoms. The topological polar surface area (TPSA) is 96.9 Å². The molecule has 37 heavy (non-hydrogen) atoms. The van der Waals surface area contributed by atoms with Crippen LogP contribution in [0.25, 0.3) is 11.3 Å². The number of hydrogen-bond acceptors (Lipinski definition) is 6. The minimum Gasteiger partial charge on any atom is -0.454 e. The lowest BCUT2D eigenvalue weighted by atomic mass is 9.99. The van der Waals surface area contributed by atoms with Crippen molar-refractivity contribution < 1.29 is 19.1 Å². The van der Waals surface area contributed by atoms with Crippen LogP contribution in [0.15, 0.2) is 53.0 Å². The fourth-order valence-electron chi connectivity index (χ4n) is 5.34. The summed E-state index contributed by atoms with van der Waals surface area (Å²) in [6, 6.07) is 11.8. The van der Waals surface area contributed by atoms with Gasteiger partial charge in [0.1, 0.15) is 5.70 Å². The molecule has 1 aromatic heterocycles. The fourth-order valence-corrected chi connectivity index (χ4v) is 5.52. The molecule has 3 aliphatic rings. The van der Waals surface area contributed by atoms with E-state index in [-0.39, 0.29) is 29.7 Å². The minimum atomic E-state index is -0.547. The van der Waals surface area contributed by atoms with Crippen molar-refractivity contribution in [3.05, 3.63) is 74.8 Å². The lowest BCUT2D eigenvalue weighted by Crippen LogP contribution is -2.41. The molecule has 0 radical (unpaired) electrons. The number of fused-ring (bicyclic) bond motifs is 1. The van der Waals surface area contributed by atoms with E-state index in [0.717, 1.165) is 24.2 Å². The summed E-state index contributed by atoms with van der Waals surface area (Å²) in [7, 11) is 0. The van der Waals surface area contributed by atoms with E-state index in [9.17, 15) is 14.4 Å². The van der Waals surface area contributed by atoms with Gasteiger partial charge in [-0.15, -0.1) is 0 Å². The van der Waals surface area contributed by atoms with E-state index in [1.54, 1.807) is 49.4 Å². The third-order valence-electron chi connectivity index (χ3n) is 7.15. The quantitative estimate of drug-likeness (QED) is 0.522. The van der Waals surface area contributed by atoms with Crippen LogP contribution in [0, 0.1) is 6.92 Å². The number of hydrogen-bond donors (Lipinski definition) is 1. The number of aryl methyl sites for hydroxylation is 1. The molecule has 0 saturated carbocycles. The predicted octanol–water partition coefficient (Wildman–Crippen LogP) is 4.02. The normalized spacial score (nSPS) is 19.4. The number of nitrogens with one attached hydrogen (secondary N) is 1. The Labute approximate surface area is 217 Å². The fraction of sp³-hybridized carbons (Fsp3) is 0.296. The van der Waals surface area contributed by atoms with Crippen LogP contribution in [-0.2, 0) is 9.59 Å². The molecule has 9 nitrogen and oxygen atoms in total. The molecule has 2 aromatic carbocycles. The molecule has 190 valence electrons. The van der Waals surface area contributed by atoms with Gasteiger partial charge in [-0.3, -0.25) is 19.5 Å². The van der Waals surface area contributed by atoms with Crippen LogP contribution in [-0.4, -0.2) is 45.9 Å². The van der Waals surface area contributed by atoms with Crippen LogP contribution in [0.4, 0.5) is 5.69 Å². The summed E-state index contributed by atoms with van der Waals surface area (Å²) in [6.45, 7) is 4.47. The minimum absolute atomic E-state index is 0.0432. The van der Waals surface area contributed by atoms with Crippen molar-refractivity contribution in [1.82, 2.24) is 14.7 Å². The van der Waals surface area contributed by atoms with Crippen LogP contribution in [0.5, 0.6) is 11.5 Å². The SMILES string of the molecule is Cc1[nH]n(-c2cccc(Cl)c2)c(=O)c1C1=C(N2CCCC[C@@H]2C)C(=O)N(c2ccc3c(c2)OCO3)C1=O. The Morgan fingerprint density at radius 1 is 0.973 bits per heavy atom. The van der Waals surface area contributed by atoms with Crippen LogP contribution in [0.2, 0.25) is 5.02 Å². The van der Waals surface area contributed by atoms with Gasteiger partial charge >= 0.3 is 0 Å². The average Bonchev–Trinajstić information content (AvgIpc) is 3.53. The maximum atomic E-state index is 14.0. The summed E-state index contributed by atoms with van der Waals surface area (Å²) in [5.74, 6) is 0.00312. The summed E-state index contributed by atoms with van der Waals surface area (Å²) in [5, 5.41) is 3.54. The van der Waals surface area contributed by atoms with Gasteiger partial charge in [-0.1, -0.05) is 17.7 Å². The molecule has 3 aromatic rings. The number of piperidine rings is 1. The van der Waals surface area contributed by atoms with Gasteiger partial charge in [0.15, 0.2) is 11.5 Å². The highest BCUT2D eigenvalue weighted by molar-refractivity contribution is 6.45. The van der Waals surface area contributed by atoms with Crippen LogP contribution in [0.3, 0.4) is 0 Å². The van der Waals surface area contributed by atoms with E-state index >= 15 is 0 Å². The van der Waals surface area contributed by atoms with Gasteiger partial charge < -0.3 is 14.4 Å². The highest BCUT2D eigenvalue weighted by atomic mass is 35.5. The second-order valence-corrected chi connectivity index (χ2v) is 9.91. The molecule has 2 amide bonds. The van der Waals surface area contributed by atoms with Gasteiger partial charge in [0.2, 0.25) is 6.79 Å². The number of halogens is 1. The number of H-pyrrole nitrogens is 1. The third kappa shape index (κ3) is 3.72. The molecule has 0 unspecified atom stereocenters. The Kier molecular flexibility index (Phi) is 5.60. The molecule has 0 bridgehead atoms. The van der Waals surface area contributed by atoms with Gasteiger partial charge in [-0.25, -0.2) is 9.58 Å². The van der Waals surface area contributed by atoms with Gasteiger partial charge in [0.05, 0.1) is 22.5 Å². The number of ether oxygens (including phenoxy) is 2. The maximum absolute atomic E-state index is 14.0. The zero-order valence-corrected chi connectivity index (χ0v) is 21.2. The third-order valence-corrected chi connectivity index (χ3v) is 7.39. The molecule has 4 heterocycles. The van der Waals surface area contributed by atoms with E-state index in [4.69, 9.17) is 21.1 Å². The van der Waals surface area contributed by atoms with E-state index in [0.29, 0.717) is 40.1 Å². The molecule has 3 aliphatic heterocycles. The number of likely N-dealkylation sites (tertiary alicyclic amines) is 1. The van der Waals surface area contributed by atoms with Gasteiger partial charge in [0.25, 0.3) is 17.4 Å². The zero-order valence-electron chi connectivity index (χ0n) is 20.4. The van der Waals surface area contributed by atoms with Crippen molar-refractivity contribution in [3.63, 3.8) is 0 Å². The number of carbonyl (C=O) groups is 2. The average molecular weight is 521 g/mol. The second kappa shape index (κ2) is 8.85. The summed E-state index contributed by atoms with van der Waals surface area (Å²) < 4.78 is 12.2. The number of benzene rings is 2. The predicted molar refractivity (Wildman–Crippen MR) is 138 cm³/mol. The van der Waals surface area contributed by atoms with Crippen molar-refractivity contribution >= 4 is 34.7 Å². The number of amides is 2. The molecule has 1 saturated heterocycles. The van der Waals surface area contributed by atoms with Gasteiger partial charge in [0, 0.05) is 29.4 Å². The summed E-state index contributed by atoms with van der Waals surface area (Å²) in [6.07, 6.45) is 2.83. The number of imide groups is 1. The van der Waals surface area contributed by atoms with Gasteiger partial charge in [-0.2, -0.15) is 0 Å². The molecule has 1 atom stereocenters. The first-order valence-electron chi connectivity index (χ1n) is 12.2. The molecule has 1 N–H and O–H groups in total. The Balaban J connectivity index is 1.52. The van der Waals surface area contributed by atoms with E-state index in [2.05, 4.69) is 5.10 Å². The zero-order chi connectivity index (χ0) is 25.8. The molecular weight excluding hydrogens is 496 g/mol. The Morgan fingerprint density at radius 3 is 2.57 bits per heavy atom. The largest absolute Gasteiger partial charge is 0.454 e. The Morgan fingerprint density at radius 2 is 1.78 bits per heavy atom. The number of anilines is 1. The lowest BCUT2D eigenvalue weighted by molar-refractivity contribution is -0.121. The number of carbonyl (C=O) groups excluding carboxylic acids is 2. The van der Waals surface area contributed by atoms with Crippen molar-refractivity contribution in [1.29, 1.82) is 0 Å². The van der Waals surface area contributed by atoms with E-state index in [1.807, 2.05) is 11.8 Å². The van der Waals surface area contributed by atoms with Crippen molar-refractivity contribution in [2.45, 2.75) is 39.2 Å². The van der Waals surface area contributed by atoms with Crippen molar-refractivity contribution in [2.24, 2.45) is 0 Å². The lowest BCUT2D eigenvalue weighted by Gasteiger charge is -2.35. The summed E-state index contributed by atoms with van der Waals surface area (Å²) >= 11 is 6.16. The van der Waals surface area contributed by atoms with Gasteiger partial charge in [-0.05, 0) is 63.4 Å². The van der Waals surface area contributed by atoms with Crippen LogP contribution < -0.4 is 19.9 Å². The first-order valence-corrected chi connectivity index (χ1v) is 12.6. The molecule has 10 heteroatoms. The standard InChI is InChI=1S/C27H25ClN4O5/c1-15-6-3-4-11-30(15)24-23(22-16(2)29-32(26(22)34)19-8-5-7-17(28)12-19)25(33)31(27(24)35)18-9-10-20-21(13-18)37-14-36-20/h5,7-10,12-13,15,29H,3-4,6,11,14H2,1-2H3/t15-/m0/s1. The molecular formula is C27H25ClN4O5. The number of aromatic amines is 1. The van der Waals surface area contributed by atoms with Crippen LogP contribution >= 0.6 is 11.6 Å². The maximum Gasteiger partial charge on any atom is 0.282 e. The number of aromatic nitrogens is 2. The first kappa shape index (κ1) is 23.4. The smallest absolute Gasteiger partial charge is 0.282 e. The number of rotatable bonds is 4. The Hall–Kier alpha value is -3.98. The van der Waals surface area contributed by atoms with E-state index < -0.39 is 17.4 Å². The Bertz CT molecular complexity index is 1540. The van der Waals surface area contributed by atoms with Crippen molar-refractivity contribution in [3.8, 4) is 17.2 Å². The van der Waals surface area contributed by atoms with E-state index in [1.165, 1.54) is 4.68 Å². The van der Waals surface area contributed by atoms with Crippen molar-refractivity contribution in [2.75, 3.05) is 18.2 Å². The molecule has 0 aliphatic carbocycles. The monoisotopic (exact) mass is 520 g/mol. The summed E-state index contributed by atoms with van der Waals surface area (Å²) in [4.78, 5) is 44.9. The molecule has 6 rings (SSSR count). The second-order valence-electron chi connectivity index (χ2n) is 9.48. The first-order chi connectivity index (χ1) is 17.8. The number of nitrogens with zero attached hydrogens (tertiary/aromatic N) is 3. The summed E-state index contributed by atoms with van der Waals surface area (Å²) in [5.41, 5.74) is 1.49. The highest BCUT2D eigenvalue weighted by Crippen LogP contribution is 2.41. The van der Waals surface area contributed by atoms with Crippen LogP contribution in [0.1, 0.15) is 37.4 Å². The highest BCUT2D eigenvalue weighted by Gasteiger charge is 2.46.